The summed E-state index contributed by atoms with van der Waals surface area (Å²) in [6.07, 6.45) is 2.09. The second-order valence-electron chi connectivity index (χ2n) is 7.25. The maximum absolute atomic E-state index is 12.3. The Hall–Kier alpha value is -2.54. The van der Waals surface area contributed by atoms with E-state index in [9.17, 15) is 13.2 Å². The zero-order valence-corrected chi connectivity index (χ0v) is 17.7. The number of hydrogen-bond acceptors (Lipinski definition) is 5. The summed E-state index contributed by atoms with van der Waals surface area (Å²) >= 11 is 0. The molecule has 6 nitrogen and oxygen atoms in total. The highest BCUT2D eigenvalue weighted by molar-refractivity contribution is 7.91. The van der Waals surface area contributed by atoms with Crippen LogP contribution in [0.15, 0.2) is 53.4 Å². The standard InChI is InChI=1S/C22H28N2O4S/c1-3-29(26,27)21-10-6-19(7-11-21)24-14-12-18(13-15-24)23-22(25)16-17-4-8-20(28-2)9-5-17/h4-11,18H,3,12-16H2,1-2H3,(H,23,25). The van der Waals surface area contributed by atoms with Crippen molar-refractivity contribution in [1.82, 2.24) is 5.32 Å². The van der Waals surface area contributed by atoms with Gasteiger partial charge in [0.05, 0.1) is 24.2 Å². The molecule has 1 heterocycles. The van der Waals surface area contributed by atoms with Crippen LogP contribution in [0, 0.1) is 0 Å². The molecule has 1 amide bonds. The maximum Gasteiger partial charge on any atom is 0.224 e. The largest absolute Gasteiger partial charge is 0.497 e. The van der Waals surface area contributed by atoms with Gasteiger partial charge in [0.15, 0.2) is 9.84 Å². The molecular weight excluding hydrogens is 388 g/mol. The van der Waals surface area contributed by atoms with Gasteiger partial charge in [-0.1, -0.05) is 19.1 Å². The van der Waals surface area contributed by atoms with Crippen molar-refractivity contribution < 1.29 is 17.9 Å². The number of benzene rings is 2. The number of sulfone groups is 1. The Morgan fingerprint density at radius 2 is 1.69 bits per heavy atom. The lowest BCUT2D eigenvalue weighted by atomic mass is 10.0. The van der Waals surface area contributed by atoms with Crippen LogP contribution in [0.4, 0.5) is 5.69 Å². The minimum Gasteiger partial charge on any atom is -0.497 e. The summed E-state index contributed by atoms with van der Waals surface area (Å²) in [7, 11) is -1.55. The molecule has 0 aliphatic carbocycles. The topological polar surface area (TPSA) is 75.7 Å². The van der Waals surface area contributed by atoms with E-state index in [2.05, 4.69) is 10.2 Å². The molecule has 1 saturated heterocycles. The summed E-state index contributed by atoms with van der Waals surface area (Å²) in [5, 5.41) is 3.13. The smallest absolute Gasteiger partial charge is 0.224 e. The third kappa shape index (κ3) is 5.50. The Morgan fingerprint density at radius 3 is 2.24 bits per heavy atom. The third-order valence-corrected chi connectivity index (χ3v) is 7.08. The van der Waals surface area contributed by atoms with E-state index in [1.807, 2.05) is 36.4 Å². The van der Waals surface area contributed by atoms with Gasteiger partial charge >= 0.3 is 0 Å². The quantitative estimate of drug-likeness (QED) is 0.751. The van der Waals surface area contributed by atoms with Gasteiger partial charge in [-0.05, 0) is 54.8 Å². The summed E-state index contributed by atoms with van der Waals surface area (Å²) in [4.78, 5) is 14.9. The number of ether oxygens (including phenoxy) is 1. The molecule has 0 bridgehead atoms. The number of piperidine rings is 1. The van der Waals surface area contributed by atoms with Gasteiger partial charge < -0.3 is 15.0 Å². The van der Waals surface area contributed by atoms with E-state index >= 15 is 0 Å². The molecule has 0 saturated carbocycles. The number of carbonyl (C=O) groups is 1. The monoisotopic (exact) mass is 416 g/mol. The molecule has 0 atom stereocenters. The Labute approximate surface area is 172 Å². The number of nitrogens with one attached hydrogen (secondary N) is 1. The van der Waals surface area contributed by atoms with Gasteiger partial charge in [0.2, 0.25) is 5.91 Å². The normalized spacial score (nSPS) is 15.2. The SMILES string of the molecule is CCS(=O)(=O)c1ccc(N2CCC(NC(=O)Cc3ccc(OC)cc3)CC2)cc1. The number of nitrogens with zero attached hydrogens (tertiary/aromatic N) is 1. The molecule has 0 unspecified atom stereocenters. The van der Waals surface area contributed by atoms with Crippen LogP contribution in [-0.2, 0) is 21.1 Å². The summed E-state index contributed by atoms with van der Waals surface area (Å²) in [6.45, 7) is 3.30. The number of methoxy groups -OCH3 is 1. The Balaban J connectivity index is 1.49. The molecule has 1 N–H and O–H groups in total. The predicted molar refractivity (Wildman–Crippen MR) is 114 cm³/mol. The Bertz CT molecular complexity index is 916. The molecule has 29 heavy (non-hydrogen) atoms. The van der Waals surface area contributed by atoms with Crippen LogP contribution in [0.1, 0.15) is 25.3 Å². The highest BCUT2D eigenvalue weighted by atomic mass is 32.2. The zero-order chi connectivity index (χ0) is 20.9. The minimum atomic E-state index is -3.17. The van der Waals surface area contributed by atoms with Crippen LogP contribution in [0.2, 0.25) is 0 Å². The van der Waals surface area contributed by atoms with E-state index in [4.69, 9.17) is 4.74 Å². The fraction of sp³-hybridized carbons (Fsp3) is 0.409. The molecule has 3 rings (SSSR count). The van der Waals surface area contributed by atoms with E-state index in [1.165, 1.54) is 0 Å². The number of hydrogen-bond donors (Lipinski definition) is 1. The van der Waals surface area contributed by atoms with E-state index in [0.717, 1.165) is 42.9 Å². The fourth-order valence-electron chi connectivity index (χ4n) is 3.52. The fourth-order valence-corrected chi connectivity index (χ4v) is 4.40. The van der Waals surface area contributed by atoms with Gasteiger partial charge in [-0.3, -0.25) is 4.79 Å². The lowest BCUT2D eigenvalue weighted by Crippen LogP contribution is -2.45. The van der Waals surface area contributed by atoms with Gasteiger partial charge in [0.1, 0.15) is 5.75 Å². The third-order valence-electron chi connectivity index (χ3n) is 5.32. The molecule has 1 fully saturated rings. The summed E-state index contributed by atoms with van der Waals surface area (Å²) in [6, 6.07) is 14.8. The number of rotatable bonds is 7. The maximum atomic E-state index is 12.3. The van der Waals surface area contributed by atoms with Crippen molar-refractivity contribution in [3.8, 4) is 5.75 Å². The van der Waals surface area contributed by atoms with E-state index < -0.39 is 9.84 Å². The summed E-state index contributed by atoms with van der Waals surface area (Å²) in [5.74, 6) is 0.915. The van der Waals surface area contributed by atoms with Crippen LogP contribution >= 0.6 is 0 Å². The van der Waals surface area contributed by atoms with Gasteiger partial charge in [-0.2, -0.15) is 0 Å². The molecule has 0 spiro atoms. The first-order valence-corrected chi connectivity index (χ1v) is 11.6. The van der Waals surface area contributed by atoms with Crippen molar-refractivity contribution in [1.29, 1.82) is 0 Å². The zero-order valence-electron chi connectivity index (χ0n) is 16.9. The van der Waals surface area contributed by atoms with E-state index in [1.54, 1.807) is 26.2 Å². The molecule has 156 valence electrons. The van der Waals surface area contributed by atoms with Crippen molar-refractivity contribution in [2.45, 2.75) is 37.1 Å². The summed E-state index contributed by atoms with van der Waals surface area (Å²) in [5.41, 5.74) is 1.98. The van der Waals surface area contributed by atoms with Crippen molar-refractivity contribution in [3.05, 3.63) is 54.1 Å². The molecule has 1 aliphatic heterocycles. The van der Waals surface area contributed by atoms with Crippen LogP contribution in [-0.4, -0.2) is 46.3 Å². The molecule has 7 heteroatoms. The first kappa shape index (κ1) is 21.2. The first-order chi connectivity index (χ1) is 13.9. The molecule has 0 radical (unpaired) electrons. The van der Waals surface area contributed by atoms with Crippen LogP contribution in [0.5, 0.6) is 5.75 Å². The minimum absolute atomic E-state index is 0.0303. The predicted octanol–water partition coefficient (Wildman–Crippen LogP) is 2.82. The molecule has 0 aromatic heterocycles. The van der Waals surface area contributed by atoms with Crippen molar-refractivity contribution in [2.75, 3.05) is 30.9 Å². The van der Waals surface area contributed by atoms with Gasteiger partial charge in [0.25, 0.3) is 0 Å². The molecule has 2 aromatic rings. The molecular formula is C22H28N2O4S. The second kappa shape index (κ2) is 9.31. The number of anilines is 1. The van der Waals surface area contributed by atoms with Crippen LogP contribution < -0.4 is 15.0 Å². The van der Waals surface area contributed by atoms with Crippen LogP contribution in [0.3, 0.4) is 0 Å². The number of carbonyl (C=O) groups excluding carboxylic acids is 1. The lowest BCUT2D eigenvalue weighted by molar-refractivity contribution is -0.121. The average Bonchev–Trinajstić information content (AvgIpc) is 2.75. The van der Waals surface area contributed by atoms with Gasteiger partial charge in [-0.15, -0.1) is 0 Å². The Morgan fingerprint density at radius 1 is 1.07 bits per heavy atom. The van der Waals surface area contributed by atoms with Crippen molar-refractivity contribution >= 4 is 21.4 Å². The van der Waals surface area contributed by atoms with Crippen LogP contribution in [0.25, 0.3) is 0 Å². The first-order valence-electron chi connectivity index (χ1n) is 9.91. The average molecular weight is 417 g/mol. The molecule has 2 aromatic carbocycles. The van der Waals surface area contributed by atoms with E-state index in [0.29, 0.717) is 11.3 Å². The van der Waals surface area contributed by atoms with Crippen molar-refractivity contribution in [3.63, 3.8) is 0 Å². The van der Waals surface area contributed by atoms with Gasteiger partial charge in [-0.25, -0.2) is 8.42 Å². The number of amides is 1. The second-order valence-corrected chi connectivity index (χ2v) is 9.53. The summed E-state index contributed by atoms with van der Waals surface area (Å²) < 4.78 is 29.0. The highest BCUT2D eigenvalue weighted by Crippen LogP contribution is 2.22. The molecule has 1 aliphatic rings. The lowest BCUT2D eigenvalue weighted by Gasteiger charge is -2.34. The van der Waals surface area contributed by atoms with Crippen molar-refractivity contribution in [2.24, 2.45) is 0 Å². The van der Waals surface area contributed by atoms with Gasteiger partial charge in [0, 0.05) is 24.8 Å². The highest BCUT2D eigenvalue weighted by Gasteiger charge is 2.21. The Kier molecular flexibility index (Phi) is 6.79. The van der Waals surface area contributed by atoms with E-state index in [-0.39, 0.29) is 17.7 Å².